The first-order valence-corrected chi connectivity index (χ1v) is 6.65. The molecule has 1 aromatic carbocycles. The molecule has 0 saturated carbocycles. The van der Waals surface area contributed by atoms with Crippen LogP contribution < -0.4 is 5.32 Å². The lowest BCUT2D eigenvalue weighted by Gasteiger charge is -2.06. The van der Waals surface area contributed by atoms with Crippen molar-refractivity contribution in [3.05, 3.63) is 48.3 Å². The van der Waals surface area contributed by atoms with Crippen LogP contribution in [0.2, 0.25) is 0 Å². The maximum atomic E-state index is 11.7. The van der Waals surface area contributed by atoms with Crippen molar-refractivity contribution in [1.82, 2.24) is 15.1 Å². The highest BCUT2D eigenvalue weighted by Crippen LogP contribution is 2.09. The van der Waals surface area contributed by atoms with Gasteiger partial charge >= 0.3 is 0 Å². The molecule has 1 N–H and O–H groups in total. The first-order chi connectivity index (χ1) is 9.29. The van der Waals surface area contributed by atoms with Crippen LogP contribution in [0.1, 0.15) is 25.3 Å². The Labute approximate surface area is 113 Å². The van der Waals surface area contributed by atoms with Gasteiger partial charge < -0.3 is 5.32 Å². The molecule has 0 saturated heterocycles. The maximum Gasteiger partial charge on any atom is 0.224 e. The fourth-order valence-corrected chi connectivity index (χ4v) is 1.84. The first kappa shape index (κ1) is 13.3. The topological polar surface area (TPSA) is 46.9 Å². The second-order valence-corrected chi connectivity index (χ2v) is 4.50. The fraction of sp³-hybridized carbons (Fsp3) is 0.333. The van der Waals surface area contributed by atoms with Crippen LogP contribution in [-0.2, 0) is 11.2 Å². The quantitative estimate of drug-likeness (QED) is 0.807. The summed E-state index contributed by atoms with van der Waals surface area (Å²) in [4.78, 5) is 11.7. The number of unbranched alkanes of at least 4 members (excludes halogenated alkanes) is 1. The number of amides is 1. The summed E-state index contributed by atoms with van der Waals surface area (Å²) in [7, 11) is 0. The number of carbonyl (C=O) groups excluding carboxylic acids is 1. The van der Waals surface area contributed by atoms with Gasteiger partial charge in [-0.1, -0.05) is 25.5 Å². The van der Waals surface area contributed by atoms with Crippen molar-refractivity contribution in [3.63, 3.8) is 0 Å². The van der Waals surface area contributed by atoms with E-state index in [-0.39, 0.29) is 5.91 Å². The Morgan fingerprint density at radius 3 is 2.74 bits per heavy atom. The smallest absolute Gasteiger partial charge is 0.224 e. The summed E-state index contributed by atoms with van der Waals surface area (Å²) >= 11 is 0. The summed E-state index contributed by atoms with van der Waals surface area (Å²) in [5, 5.41) is 7.08. The zero-order chi connectivity index (χ0) is 13.5. The largest absolute Gasteiger partial charge is 0.356 e. The summed E-state index contributed by atoms with van der Waals surface area (Å²) in [6, 6.07) is 9.77. The molecule has 0 atom stereocenters. The van der Waals surface area contributed by atoms with E-state index in [2.05, 4.69) is 17.3 Å². The Kier molecular flexibility index (Phi) is 4.72. The highest BCUT2D eigenvalue weighted by molar-refractivity contribution is 5.78. The van der Waals surface area contributed by atoms with Crippen LogP contribution >= 0.6 is 0 Å². The van der Waals surface area contributed by atoms with Gasteiger partial charge in [-0.3, -0.25) is 4.79 Å². The number of carbonyl (C=O) groups is 1. The van der Waals surface area contributed by atoms with E-state index in [0.717, 1.165) is 30.6 Å². The Morgan fingerprint density at radius 1 is 1.32 bits per heavy atom. The van der Waals surface area contributed by atoms with Gasteiger partial charge in [-0.25, -0.2) is 4.68 Å². The van der Waals surface area contributed by atoms with Gasteiger partial charge in [0.05, 0.1) is 12.1 Å². The molecule has 0 bridgehead atoms. The lowest BCUT2D eigenvalue weighted by Crippen LogP contribution is -2.25. The Bertz CT molecular complexity index is 503. The van der Waals surface area contributed by atoms with E-state index < -0.39 is 0 Å². The molecule has 2 rings (SSSR count). The predicted octanol–water partition coefficient (Wildman–Crippen LogP) is 2.33. The molecule has 19 heavy (non-hydrogen) atoms. The molecule has 0 radical (unpaired) electrons. The Morgan fingerprint density at radius 2 is 2.11 bits per heavy atom. The minimum Gasteiger partial charge on any atom is -0.356 e. The van der Waals surface area contributed by atoms with Gasteiger partial charge in [0.25, 0.3) is 0 Å². The number of hydrogen-bond acceptors (Lipinski definition) is 2. The molecule has 1 aromatic heterocycles. The number of aromatic nitrogens is 2. The SMILES string of the molecule is CCCCNC(=O)Cc1ccc(-n2cccn2)cc1. The van der Waals surface area contributed by atoms with Crippen molar-refractivity contribution in [2.45, 2.75) is 26.2 Å². The number of hydrogen-bond donors (Lipinski definition) is 1. The Hall–Kier alpha value is -2.10. The highest BCUT2D eigenvalue weighted by atomic mass is 16.1. The molecule has 0 fully saturated rings. The number of nitrogens with zero attached hydrogens (tertiary/aromatic N) is 2. The minimum absolute atomic E-state index is 0.0836. The molecule has 1 amide bonds. The van der Waals surface area contributed by atoms with E-state index in [9.17, 15) is 4.79 Å². The van der Waals surface area contributed by atoms with E-state index in [1.54, 1.807) is 10.9 Å². The predicted molar refractivity (Wildman–Crippen MR) is 75.2 cm³/mol. The minimum atomic E-state index is 0.0836. The van der Waals surface area contributed by atoms with Crippen molar-refractivity contribution >= 4 is 5.91 Å². The van der Waals surface area contributed by atoms with Crippen LogP contribution in [0.4, 0.5) is 0 Å². The van der Waals surface area contributed by atoms with Crippen LogP contribution in [0.25, 0.3) is 5.69 Å². The van der Waals surface area contributed by atoms with Crippen molar-refractivity contribution in [2.75, 3.05) is 6.54 Å². The summed E-state index contributed by atoms with van der Waals surface area (Å²) < 4.78 is 1.80. The summed E-state index contributed by atoms with van der Waals surface area (Å²) in [5.41, 5.74) is 2.02. The third-order valence-electron chi connectivity index (χ3n) is 2.92. The molecule has 0 aliphatic carbocycles. The Balaban J connectivity index is 1.90. The summed E-state index contributed by atoms with van der Waals surface area (Å²) in [6.07, 6.45) is 6.20. The van der Waals surface area contributed by atoms with Crippen molar-refractivity contribution in [2.24, 2.45) is 0 Å². The average Bonchev–Trinajstić information content (AvgIpc) is 2.94. The van der Waals surface area contributed by atoms with Gasteiger partial charge in [-0.05, 0) is 30.2 Å². The third-order valence-corrected chi connectivity index (χ3v) is 2.92. The lowest BCUT2D eigenvalue weighted by molar-refractivity contribution is -0.120. The van der Waals surface area contributed by atoms with Crippen molar-refractivity contribution in [3.8, 4) is 5.69 Å². The summed E-state index contributed by atoms with van der Waals surface area (Å²) in [6.45, 7) is 2.88. The molecule has 2 aromatic rings. The highest BCUT2D eigenvalue weighted by Gasteiger charge is 2.03. The average molecular weight is 257 g/mol. The van der Waals surface area contributed by atoms with Gasteiger partial charge in [0, 0.05) is 18.9 Å². The number of benzene rings is 1. The monoisotopic (exact) mass is 257 g/mol. The molecule has 0 aliphatic heterocycles. The zero-order valence-electron chi connectivity index (χ0n) is 11.2. The fourth-order valence-electron chi connectivity index (χ4n) is 1.84. The first-order valence-electron chi connectivity index (χ1n) is 6.65. The van der Waals surface area contributed by atoms with Gasteiger partial charge in [0.2, 0.25) is 5.91 Å². The third kappa shape index (κ3) is 3.95. The number of nitrogens with one attached hydrogen (secondary N) is 1. The van der Waals surface area contributed by atoms with E-state index >= 15 is 0 Å². The van der Waals surface area contributed by atoms with Gasteiger partial charge in [-0.15, -0.1) is 0 Å². The van der Waals surface area contributed by atoms with E-state index in [4.69, 9.17) is 0 Å². The van der Waals surface area contributed by atoms with Crippen LogP contribution in [0.3, 0.4) is 0 Å². The standard InChI is InChI=1S/C15H19N3O/c1-2-3-9-16-15(19)12-13-5-7-14(8-6-13)18-11-4-10-17-18/h4-8,10-11H,2-3,9,12H2,1H3,(H,16,19). The molecular formula is C15H19N3O. The molecule has 4 nitrogen and oxygen atoms in total. The molecule has 0 spiro atoms. The van der Waals surface area contributed by atoms with Crippen LogP contribution in [-0.4, -0.2) is 22.2 Å². The van der Waals surface area contributed by atoms with Crippen LogP contribution in [0, 0.1) is 0 Å². The van der Waals surface area contributed by atoms with Crippen molar-refractivity contribution in [1.29, 1.82) is 0 Å². The number of rotatable bonds is 6. The van der Waals surface area contributed by atoms with Crippen molar-refractivity contribution < 1.29 is 4.79 Å². The molecule has 0 unspecified atom stereocenters. The van der Waals surface area contributed by atoms with Crippen LogP contribution in [0.15, 0.2) is 42.7 Å². The van der Waals surface area contributed by atoms with Gasteiger partial charge in [0.1, 0.15) is 0 Å². The molecule has 4 heteroatoms. The molecular weight excluding hydrogens is 238 g/mol. The van der Waals surface area contributed by atoms with Gasteiger partial charge in [-0.2, -0.15) is 5.10 Å². The molecule has 0 aliphatic rings. The lowest BCUT2D eigenvalue weighted by atomic mass is 10.1. The second-order valence-electron chi connectivity index (χ2n) is 4.50. The van der Waals surface area contributed by atoms with Gasteiger partial charge in [0.15, 0.2) is 0 Å². The molecule has 1 heterocycles. The molecule has 100 valence electrons. The summed E-state index contributed by atoms with van der Waals surface area (Å²) in [5.74, 6) is 0.0836. The van der Waals surface area contributed by atoms with E-state index in [1.807, 2.05) is 36.5 Å². The zero-order valence-corrected chi connectivity index (χ0v) is 11.2. The van der Waals surface area contributed by atoms with Crippen LogP contribution in [0.5, 0.6) is 0 Å². The second kappa shape index (κ2) is 6.73. The maximum absolute atomic E-state index is 11.7. The normalized spacial score (nSPS) is 10.4. The van der Waals surface area contributed by atoms with E-state index in [1.165, 1.54) is 0 Å². The van der Waals surface area contributed by atoms with E-state index in [0.29, 0.717) is 6.42 Å².